The molecule has 0 unspecified atom stereocenters. The average molecular weight is 479 g/mol. The summed E-state index contributed by atoms with van der Waals surface area (Å²) in [5.41, 5.74) is 6.38. The Morgan fingerprint density at radius 3 is 2.18 bits per heavy atom. The van der Waals surface area contributed by atoms with Gasteiger partial charge in [-0.05, 0) is 48.7 Å². The lowest BCUT2D eigenvalue weighted by Gasteiger charge is -2.43. The fourth-order valence-corrected chi connectivity index (χ4v) is 4.93. The Morgan fingerprint density at radius 1 is 0.941 bits per heavy atom. The Kier molecular flexibility index (Phi) is 7.14. The summed E-state index contributed by atoms with van der Waals surface area (Å²) < 4.78 is 52.7. The first-order valence-corrected chi connectivity index (χ1v) is 11.6. The molecule has 184 valence electrons. The number of alkyl halides is 3. The van der Waals surface area contributed by atoms with Crippen LogP contribution in [0.15, 0.2) is 48.5 Å². The highest BCUT2D eigenvalue weighted by Gasteiger charge is 2.38. The maximum atomic E-state index is 13.2. The number of carbonyl (C=O) groups is 1. The number of carbonyl (C=O) groups excluding carboxylic acids is 1. The molecule has 4 rings (SSSR count). The Bertz CT molecular complexity index is 979. The molecule has 2 heterocycles. The number of likely N-dealkylation sites (tertiary alicyclic amines) is 1. The standard InChI is InChI=1S/C25H30F4N4O/c26-21-4-6-22(7-5-21)32-14-12-31(13-15-32)17-23(34)33-10-8-24(18-30,9-11-33)19-2-1-3-20(16-19)25(27,28)29/h1-7,16H,8-15,17-18,30H2. The van der Waals surface area contributed by atoms with Crippen LogP contribution in [-0.2, 0) is 16.4 Å². The van der Waals surface area contributed by atoms with Crippen LogP contribution in [0.4, 0.5) is 23.2 Å². The van der Waals surface area contributed by atoms with E-state index >= 15 is 0 Å². The highest BCUT2D eigenvalue weighted by atomic mass is 19.4. The maximum absolute atomic E-state index is 13.2. The minimum Gasteiger partial charge on any atom is -0.369 e. The summed E-state index contributed by atoms with van der Waals surface area (Å²) in [5.74, 6) is -0.230. The van der Waals surface area contributed by atoms with Crippen molar-refractivity contribution >= 4 is 11.6 Å². The molecule has 0 atom stereocenters. The number of nitrogens with two attached hydrogens (primary N) is 1. The first-order valence-electron chi connectivity index (χ1n) is 11.6. The van der Waals surface area contributed by atoms with E-state index in [1.165, 1.54) is 24.3 Å². The number of hydrogen-bond acceptors (Lipinski definition) is 4. The molecule has 0 aliphatic carbocycles. The zero-order valence-corrected chi connectivity index (χ0v) is 19.0. The van der Waals surface area contributed by atoms with Gasteiger partial charge < -0.3 is 15.5 Å². The highest BCUT2D eigenvalue weighted by molar-refractivity contribution is 5.78. The molecule has 0 bridgehead atoms. The topological polar surface area (TPSA) is 52.8 Å². The van der Waals surface area contributed by atoms with E-state index in [1.54, 1.807) is 23.1 Å². The lowest BCUT2D eigenvalue weighted by Crippen LogP contribution is -2.53. The second kappa shape index (κ2) is 9.92. The fraction of sp³-hybridized carbons (Fsp3) is 0.480. The van der Waals surface area contributed by atoms with Crippen LogP contribution in [0.25, 0.3) is 0 Å². The third kappa shape index (κ3) is 5.36. The first kappa shape index (κ1) is 24.5. The van der Waals surface area contributed by atoms with Crippen molar-refractivity contribution in [1.82, 2.24) is 9.80 Å². The van der Waals surface area contributed by atoms with Gasteiger partial charge in [-0.15, -0.1) is 0 Å². The van der Waals surface area contributed by atoms with Gasteiger partial charge in [0.1, 0.15) is 5.82 Å². The zero-order chi connectivity index (χ0) is 24.3. The molecule has 2 N–H and O–H groups in total. The summed E-state index contributed by atoms with van der Waals surface area (Å²) in [6.07, 6.45) is -3.33. The summed E-state index contributed by atoms with van der Waals surface area (Å²) >= 11 is 0. The average Bonchev–Trinajstić information content (AvgIpc) is 2.84. The molecule has 0 spiro atoms. The van der Waals surface area contributed by atoms with E-state index in [2.05, 4.69) is 9.80 Å². The molecule has 0 aromatic heterocycles. The van der Waals surface area contributed by atoms with Crippen molar-refractivity contribution < 1.29 is 22.4 Å². The Hall–Kier alpha value is -2.65. The number of piperazine rings is 1. The van der Waals surface area contributed by atoms with Crippen LogP contribution in [0.1, 0.15) is 24.0 Å². The minimum absolute atomic E-state index is 0.0323. The van der Waals surface area contributed by atoms with E-state index in [0.717, 1.165) is 37.9 Å². The predicted octanol–water partition coefficient (Wildman–Crippen LogP) is 3.49. The molecule has 5 nitrogen and oxygen atoms in total. The number of amides is 1. The first-order chi connectivity index (χ1) is 16.2. The predicted molar refractivity (Wildman–Crippen MR) is 123 cm³/mol. The van der Waals surface area contributed by atoms with Crippen molar-refractivity contribution in [2.24, 2.45) is 5.73 Å². The van der Waals surface area contributed by atoms with Crippen LogP contribution >= 0.6 is 0 Å². The van der Waals surface area contributed by atoms with Crippen LogP contribution in [0.5, 0.6) is 0 Å². The number of rotatable bonds is 5. The van der Waals surface area contributed by atoms with E-state index in [4.69, 9.17) is 5.73 Å². The van der Waals surface area contributed by atoms with Crippen LogP contribution in [-0.4, -0.2) is 68.1 Å². The van der Waals surface area contributed by atoms with E-state index < -0.39 is 17.2 Å². The van der Waals surface area contributed by atoms with Gasteiger partial charge in [0.05, 0.1) is 12.1 Å². The maximum Gasteiger partial charge on any atom is 0.416 e. The molecule has 34 heavy (non-hydrogen) atoms. The van der Waals surface area contributed by atoms with Gasteiger partial charge in [0, 0.05) is 56.9 Å². The van der Waals surface area contributed by atoms with Gasteiger partial charge in [0.2, 0.25) is 5.91 Å². The van der Waals surface area contributed by atoms with Crippen LogP contribution in [0.2, 0.25) is 0 Å². The molecule has 2 aliphatic heterocycles. The number of piperidine rings is 1. The molecule has 0 saturated carbocycles. The number of anilines is 1. The highest BCUT2D eigenvalue weighted by Crippen LogP contribution is 2.38. The Labute approximate surface area is 197 Å². The van der Waals surface area contributed by atoms with Crippen LogP contribution < -0.4 is 10.6 Å². The van der Waals surface area contributed by atoms with E-state index in [1.807, 2.05) is 0 Å². The summed E-state index contributed by atoms with van der Waals surface area (Å²) in [7, 11) is 0. The van der Waals surface area contributed by atoms with E-state index in [-0.39, 0.29) is 18.3 Å². The van der Waals surface area contributed by atoms with Gasteiger partial charge in [-0.2, -0.15) is 13.2 Å². The lowest BCUT2D eigenvalue weighted by atomic mass is 9.72. The van der Waals surface area contributed by atoms with E-state index in [9.17, 15) is 22.4 Å². The summed E-state index contributed by atoms with van der Waals surface area (Å²) in [6, 6.07) is 11.8. The zero-order valence-electron chi connectivity index (χ0n) is 19.0. The molecular formula is C25H30F4N4O. The molecule has 2 saturated heterocycles. The smallest absolute Gasteiger partial charge is 0.369 e. The number of halogens is 4. The second-order valence-electron chi connectivity index (χ2n) is 9.18. The van der Waals surface area contributed by atoms with Gasteiger partial charge in [0.25, 0.3) is 0 Å². The van der Waals surface area contributed by atoms with Gasteiger partial charge in [-0.1, -0.05) is 18.2 Å². The van der Waals surface area contributed by atoms with Gasteiger partial charge in [-0.25, -0.2) is 4.39 Å². The molecule has 1 amide bonds. The van der Waals surface area contributed by atoms with Gasteiger partial charge in [-0.3, -0.25) is 9.69 Å². The van der Waals surface area contributed by atoms with Crippen molar-refractivity contribution in [1.29, 1.82) is 0 Å². The second-order valence-corrected chi connectivity index (χ2v) is 9.18. The quantitative estimate of drug-likeness (QED) is 0.669. The summed E-state index contributed by atoms with van der Waals surface area (Å²) in [4.78, 5) is 19.0. The Balaban J connectivity index is 1.31. The minimum atomic E-state index is -4.40. The SMILES string of the molecule is NCC1(c2cccc(C(F)(F)F)c2)CCN(C(=O)CN2CCN(c3ccc(F)cc3)CC2)CC1. The normalized spacial score (nSPS) is 19.3. The third-order valence-corrected chi connectivity index (χ3v) is 7.19. The third-order valence-electron chi connectivity index (χ3n) is 7.19. The van der Waals surface area contributed by atoms with Gasteiger partial charge in [0.15, 0.2) is 0 Å². The molecule has 2 fully saturated rings. The molecule has 2 aromatic carbocycles. The van der Waals surface area contributed by atoms with E-state index in [0.29, 0.717) is 38.0 Å². The molecule has 2 aliphatic rings. The number of nitrogens with zero attached hydrogens (tertiary/aromatic N) is 3. The van der Waals surface area contributed by atoms with Crippen molar-refractivity contribution in [3.8, 4) is 0 Å². The van der Waals surface area contributed by atoms with Crippen molar-refractivity contribution in [2.75, 3.05) is 57.3 Å². The fourth-order valence-electron chi connectivity index (χ4n) is 4.93. The number of benzene rings is 2. The largest absolute Gasteiger partial charge is 0.416 e. The van der Waals surface area contributed by atoms with Crippen molar-refractivity contribution in [3.63, 3.8) is 0 Å². The van der Waals surface area contributed by atoms with Crippen molar-refractivity contribution in [3.05, 3.63) is 65.5 Å². The lowest BCUT2D eigenvalue weighted by molar-refractivity contribution is -0.137. The molecule has 0 radical (unpaired) electrons. The summed E-state index contributed by atoms with van der Waals surface area (Å²) in [6.45, 7) is 4.47. The summed E-state index contributed by atoms with van der Waals surface area (Å²) in [5, 5.41) is 0. The van der Waals surface area contributed by atoms with Crippen molar-refractivity contribution in [2.45, 2.75) is 24.4 Å². The number of hydrogen-bond donors (Lipinski definition) is 1. The molecular weight excluding hydrogens is 448 g/mol. The monoisotopic (exact) mass is 478 g/mol. The van der Waals surface area contributed by atoms with Crippen LogP contribution in [0, 0.1) is 5.82 Å². The van der Waals surface area contributed by atoms with Crippen LogP contribution in [0.3, 0.4) is 0 Å². The molecule has 2 aromatic rings. The van der Waals surface area contributed by atoms with Gasteiger partial charge >= 0.3 is 6.18 Å². The Morgan fingerprint density at radius 2 is 1.59 bits per heavy atom. The molecule has 9 heteroatoms.